The Bertz CT molecular complexity index is 2000. The molecule has 1 aliphatic heterocycles. The minimum atomic E-state index is -4.05. The lowest BCUT2D eigenvalue weighted by Gasteiger charge is -2.34. The summed E-state index contributed by atoms with van der Waals surface area (Å²) in [7, 11) is -2.03. The fourth-order valence-electron chi connectivity index (χ4n) is 6.37. The number of fused-ring (bicyclic) bond motifs is 2. The van der Waals surface area contributed by atoms with Crippen LogP contribution in [0.5, 0.6) is 0 Å². The first-order valence-electron chi connectivity index (χ1n) is 15.0. The van der Waals surface area contributed by atoms with Gasteiger partial charge in [0.1, 0.15) is 6.04 Å². The molecular weight excluding hydrogens is 584 g/mol. The Morgan fingerprint density at radius 3 is 2.22 bits per heavy atom. The minimum Gasteiger partial charge on any atom is -0.343 e. The molecule has 0 saturated heterocycles. The average molecular weight is 621 g/mol. The van der Waals surface area contributed by atoms with Crippen molar-refractivity contribution in [3.63, 3.8) is 0 Å². The van der Waals surface area contributed by atoms with E-state index in [1.54, 1.807) is 23.1 Å². The van der Waals surface area contributed by atoms with Crippen LogP contribution in [0.2, 0.25) is 0 Å². The van der Waals surface area contributed by atoms with E-state index in [0.717, 1.165) is 38.9 Å². The number of nitrogens with one attached hydrogen (secondary N) is 2. The highest BCUT2D eigenvalue weighted by molar-refractivity contribution is 7.89. The number of hydrazine groups is 1. The van der Waals surface area contributed by atoms with Crippen LogP contribution in [0.15, 0.2) is 108 Å². The van der Waals surface area contributed by atoms with Crippen LogP contribution in [0.4, 0.5) is 0 Å². The van der Waals surface area contributed by atoms with Crippen molar-refractivity contribution < 1.29 is 18.0 Å². The molecule has 45 heavy (non-hydrogen) atoms. The Labute approximate surface area is 263 Å². The standard InChI is InChI=1S/C36H36N4O4S/c1-23(2)22-31(35(41)37-38-45(43,44)26-20-18-24(3)19-21-26)40-34(27-14-8-9-15-28(27)36(40)42)32-29-16-10-11-17-30(29)39(4)33(32)25-12-6-5-7-13-25/h5-21,23,31,34,38H,22H2,1-4H3,(H,37,41). The summed E-state index contributed by atoms with van der Waals surface area (Å²) in [6, 6.07) is 30.3. The second-order valence-electron chi connectivity index (χ2n) is 12.0. The first-order chi connectivity index (χ1) is 21.6. The summed E-state index contributed by atoms with van der Waals surface area (Å²) in [6.45, 7) is 5.82. The third kappa shape index (κ3) is 5.54. The highest BCUT2D eigenvalue weighted by Gasteiger charge is 2.46. The third-order valence-corrected chi connectivity index (χ3v) is 9.70. The van der Waals surface area contributed by atoms with E-state index in [-0.39, 0.29) is 16.7 Å². The molecule has 0 fully saturated rings. The number of carbonyl (C=O) groups is 2. The zero-order valence-electron chi connectivity index (χ0n) is 25.7. The number of amides is 2. The molecule has 9 heteroatoms. The van der Waals surface area contributed by atoms with Crippen molar-refractivity contribution in [3.05, 3.63) is 125 Å². The van der Waals surface area contributed by atoms with Gasteiger partial charge in [0, 0.05) is 29.1 Å². The van der Waals surface area contributed by atoms with Crippen LogP contribution in [-0.2, 0) is 21.9 Å². The van der Waals surface area contributed by atoms with Crippen molar-refractivity contribution >= 4 is 32.7 Å². The topological polar surface area (TPSA) is 101 Å². The van der Waals surface area contributed by atoms with Gasteiger partial charge in [-0.05, 0) is 54.7 Å². The van der Waals surface area contributed by atoms with Gasteiger partial charge in [-0.2, -0.15) is 0 Å². The van der Waals surface area contributed by atoms with Gasteiger partial charge >= 0.3 is 0 Å². The number of sulfonamides is 1. The van der Waals surface area contributed by atoms with Gasteiger partial charge in [-0.25, -0.2) is 8.42 Å². The molecule has 2 unspecified atom stereocenters. The monoisotopic (exact) mass is 620 g/mol. The largest absolute Gasteiger partial charge is 0.343 e. The number of aryl methyl sites for hydroxylation is 2. The van der Waals surface area contributed by atoms with Crippen LogP contribution >= 0.6 is 0 Å². The van der Waals surface area contributed by atoms with Crippen molar-refractivity contribution in [1.29, 1.82) is 0 Å². The summed E-state index contributed by atoms with van der Waals surface area (Å²) in [4.78, 5) is 32.3. The van der Waals surface area contributed by atoms with Gasteiger partial charge in [0.15, 0.2) is 0 Å². The van der Waals surface area contributed by atoms with Gasteiger partial charge in [0.2, 0.25) is 0 Å². The number of carbonyl (C=O) groups excluding carboxylic acids is 2. The summed E-state index contributed by atoms with van der Waals surface area (Å²) in [5.74, 6) is -0.857. The molecule has 0 aliphatic carbocycles. The molecule has 6 rings (SSSR count). The molecule has 0 saturated carbocycles. The van der Waals surface area contributed by atoms with Crippen LogP contribution < -0.4 is 10.3 Å². The fourth-order valence-corrected chi connectivity index (χ4v) is 7.21. The molecule has 8 nitrogen and oxygen atoms in total. The third-order valence-electron chi connectivity index (χ3n) is 8.44. The Hall–Kier alpha value is -4.73. The smallest absolute Gasteiger partial charge is 0.257 e. The number of hydrogen-bond acceptors (Lipinski definition) is 4. The first-order valence-corrected chi connectivity index (χ1v) is 16.5. The summed E-state index contributed by atoms with van der Waals surface area (Å²) in [6.07, 6.45) is 0.319. The number of rotatable bonds is 9. The molecular formula is C36H36N4O4S. The number of hydrogen-bond donors (Lipinski definition) is 2. The number of aromatic nitrogens is 1. The van der Waals surface area contributed by atoms with Crippen molar-refractivity contribution in [2.45, 2.75) is 44.2 Å². The average Bonchev–Trinajstić information content (AvgIpc) is 3.49. The maximum absolute atomic E-state index is 14.4. The maximum atomic E-state index is 14.4. The Balaban J connectivity index is 1.48. The van der Waals surface area contributed by atoms with E-state index < -0.39 is 28.0 Å². The molecule has 2 atom stereocenters. The van der Waals surface area contributed by atoms with Crippen LogP contribution in [0.25, 0.3) is 22.2 Å². The maximum Gasteiger partial charge on any atom is 0.257 e. The molecule has 1 aromatic heterocycles. The second-order valence-corrected chi connectivity index (χ2v) is 13.6. The molecule has 4 aromatic carbocycles. The fraction of sp³-hybridized carbons (Fsp3) is 0.222. The van der Waals surface area contributed by atoms with E-state index in [9.17, 15) is 18.0 Å². The highest BCUT2D eigenvalue weighted by Crippen LogP contribution is 2.47. The summed E-state index contributed by atoms with van der Waals surface area (Å²) in [5.41, 5.74) is 8.54. The minimum absolute atomic E-state index is 0.0210. The first kappa shape index (κ1) is 30.3. The highest BCUT2D eigenvalue weighted by atomic mass is 32.2. The lowest BCUT2D eigenvalue weighted by Crippen LogP contribution is -2.53. The van der Waals surface area contributed by atoms with Crippen molar-refractivity contribution in [1.82, 2.24) is 19.7 Å². The number of para-hydroxylation sites is 1. The molecule has 2 amide bonds. The van der Waals surface area contributed by atoms with E-state index in [2.05, 4.69) is 20.9 Å². The van der Waals surface area contributed by atoms with Gasteiger partial charge < -0.3 is 9.47 Å². The van der Waals surface area contributed by atoms with Crippen LogP contribution in [0.1, 0.15) is 53.4 Å². The molecule has 2 heterocycles. The predicted octanol–water partition coefficient (Wildman–Crippen LogP) is 6.12. The second kappa shape index (κ2) is 12.0. The van der Waals surface area contributed by atoms with Gasteiger partial charge in [-0.3, -0.25) is 15.0 Å². The van der Waals surface area contributed by atoms with Gasteiger partial charge in [-0.1, -0.05) is 98.3 Å². The quantitative estimate of drug-likeness (QED) is 0.194. The summed E-state index contributed by atoms with van der Waals surface area (Å²) >= 11 is 0. The van der Waals surface area contributed by atoms with E-state index in [1.807, 2.05) is 94.5 Å². The molecule has 0 spiro atoms. The normalized spacial score (nSPS) is 15.4. The van der Waals surface area contributed by atoms with Gasteiger partial charge in [0.25, 0.3) is 21.8 Å². The molecule has 0 bridgehead atoms. The van der Waals surface area contributed by atoms with E-state index >= 15 is 0 Å². The lowest BCUT2D eigenvalue weighted by atomic mass is 9.91. The molecule has 5 aromatic rings. The predicted molar refractivity (Wildman–Crippen MR) is 176 cm³/mol. The van der Waals surface area contributed by atoms with Gasteiger partial charge in [-0.15, -0.1) is 4.83 Å². The zero-order valence-corrected chi connectivity index (χ0v) is 26.5. The zero-order chi connectivity index (χ0) is 31.9. The van der Waals surface area contributed by atoms with Crippen LogP contribution in [0, 0.1) is 12.8 Å². The Morgan fingerprint density at radius 2 is 1.51 bits per heavy atom. The van der Waals surface area contributed by atoms with E-state index in [1.165, 1.54) is 12.1 Å². The molecule has 0 radical (unpaired) electrons. The van der Waals surface area contributed by atoms with Gasteiger partial charge in [0.05, 0.1) is 16.6 Å². The van der Waals surface area contributed by atoms with E-state index in [0.29, 0.717) is 12.0 Å². The molecule has 230 valence electrons. The summed E-state index contributed by atoms with van der Waals surface area (Å²) in [5, 5.41) is 0.974. The SMILES string of the molecule is Cc1ccc(S(=O)(=O)NNC(=O)C(CC(C)C)N2C(=O)c3ccccc3C2c2c(-c3ccccc3)n(C)c3ccccc23)cc1. The van der Waals surface area contributed by atoms with Crippen molar-refractivity contribution in [3.8, 4) is 11.3 Å². The number of nitrogens with zero attached hydrogens (tertiary/aromatic N) is 2. The summed E-state index contributed by atoms with van der Waals surface area (Å²) < 4.78 is 28.3. The Morgan fingerprint density at radius 1 is 0.867 bits per heavy atom. The Kier molecular flexibility index (Phi) is 8.07. The van der Waals surface area contributed by atoms with Crippen molar-refractivity contribution in [2.24, 2.45) is 13.0 Å². The van der Waals surface area contributed by atoms with Crippen LogP contribution in [-0.4, -0.2) is 35.7 Å². The van der Waals surface area contributed by atoms with Crippen molar-refractivity contribution in [2.75, 3.05) is 0 Å². The van der Waals surface area contributed by atoms with Crippen LogP contribution in [0.3, 0.4) is 0 Å². The molecule has 1 aliphatic rings. The lowest BCUT2D eigenvalue weighted by molar-refractivity contribution is -0.127. The molecule has 2 N–H and O–H groups in total. The number of benzene rings is 4. The van der Waals surface area contributed by atoms with E-state index in [4.69, 9.17) is 0 Å².